The number of hydrogen-bond donors (Lipinski definition) is 1. The van der Waals surface area contributed by atoms with Crippen LogP contribution in [-0.4, -0.2) is 11.0 Å². The van der Waals surface area contributed by atoms with Gasteiger partial charge >= 0.3 is 0 Å². The van der Waals surface area contributed by atoms with Gasteiger partial charge in [0, 0.05) is 25.0 Å². The van der Waals surface area contributed by atoms with Crippen LogP contribution in [0.1, 0.15) is 51.5 Å². The van der Waals surface area contributed by atoms with Crippen LogP contribution < -0.4 is 5.32 Å². The number of pyridine rings is 1. The molecule has 1 saturated carbocycles. The largest absolute Gasteiger partial charge is 0.310 e. The highest BCUT2D eigenvalue weighted by Gasteiger charge is 2.23. The normalized spacial score (nSPS) is 24.2. The molecule has 1 aromatic rings. The lowest BCUT2D eigenvalue weighted by molar-refractivity contribution is 0.309. The summed E-state index contributed by atoms with van der Waals surface area (Å²) >= 11 is 0. The second kappa shape index (κ2) is 5.63. The predicted molar refractivity (Wildman–Crippen MR) is 71.7 cm³/mol. The van der Waals surface area contributed by atoms with E-state index < -0.39 is 0 Å². The van der Waals surface area contributed by atoms with Gasteiger partial charge in [0.25, 0.3) is 0 Å². The van der Waals surface area contributed by atoms with Crippen molar-refractivity contribution in [3.8, 4) is 0 Å². The van der Waals surface area contributed by atoms with E-state index in [1.807, 2.05) is 12.4 Å². The molecule has 1 fully saturated rings. The highest BCUT2D eigenvalue weighted by molar-refractivity contribution is 5.09. The highest BCUT2D eigenvalue weighted by Crippen LogP contribution is 2.33. The van der Waals surface area contributed by atoms with Gasteiger partial charge in [0.15, 0.2) is 0 Å². The molecular formula is C15H24N2. The summed E-state index contributed by atoms with van der Waals surface area (Å²) < 4.78 is 0. The molecule has 1 atom stereocenters. The summed E-state index contributed by atoms with van der Waals surface area (Å²) in [6, 6.07) is 4.88. The minimum absolute atomic E-state index is 0.549. The summed E-state index contributed by atoms with van der Waals surface area (Å²) in [5.41, 5.74) is 1.89. The predicted octanol–water partition coefficient (Wildman–Crippen LogP) is 3.53. The Morgan fingerprint density at radius 1 is 1.24 bits per heavy atom. The molecule has 0 amide bonds. The van der Waals surface area contributed by atoms with Crippen LogP contribution in [0.5, 0.6) is 0 Å². The number of aromatic nitrogens is 1. The summed E-state index contributed by atoms with van der Waals surface area (Å²) in [5.74, 6) is 0. The molecule has 2 nitrogen and oxygen atoms in total. The van der Waals surface area contributed by atoms with E-state index in [-0.39, 0.29) is 0 Å². The average molecular weight is 232 g/mol. The molecule has 0 aliphatic heterocycles. The van der Waals surface area contributed by atoms with Crippen molar-refractivity contribution in [3.63, 3.8) is 0 Å². The minimum Gasteiger partial charge on any atom is -0.310 e. The highest BCUT2D eigenvalue weighted by atomic mass is 14.9. The van der Waals surface area contributed by atoms with Gasteiger partial charge < -0.3 is 5.32 Å². The molecule has 2 rings (SSSR count). The summed E-state index contributed by atoms with van der Waals surface area (Å²) in [6.45, 7) is 5.78. The van der Waals surface area contributed by atoms with Crippen LogP contribution >= 0.6 is 0 Å². The number of nitrogens with one attached hydrogen (secondary N) is 1. The molecule has 1 aliphatic rings. The van der Waals surface area contributed by atoms with Crippen LogP contribution in [0.3, 0.4) is 0 Å². The molecule has 2 heteroatoms. The molecular weight excluding hydrogens is 208 g/mol. The van der Waals surface area contributed by atoms with Crippen molar-refractivity contribution in [2.45, 2.75) is 58.5 Å². The van der Waals surface area contributed by atoms with Crippen molar-refractivity contribution in [2.24, 2.45) is 5.41 Å². The molecule has 0 spiro atoms. The van der Waals surface area contributed by atoms with E-state index in [1.54, 1.807) is 0 Å². The Hall–Kier alpha value is -0.890. The first kappa shape index (κ1) is 12.6. The maximum atomic E-state index is 4.05. The molecule has 0 aromatic carbocycles. The van der Waals surface area contributed by atoms with Crippen molar-refractivity contribution in [1.82, 2.24) is 10.3 Å². The molecule has 0 radical (unpaired) electrons. The summed E-state index contributed by atoms with van der Waals surface area (Å²) in [5, 5.41) is 3.69. The van der Waals surface area contributed by atoms with E-state index >= 15 is 0 Å². The third-order valence-electron chi connectivity index (χ3n) is 3.92. The Labute approximate surface area is 105 Å². The average Bonchev–Trinajstić information content (AvgIpc) is 2.49. The maximum absolute atomic E-state index is 4.05. The minimum atomic E-state index is 0.549. The van der Waals surface area contributed by atoms with Crippen molar-refractivity contribution < 1.29 is 0 Å². The molecule has 1 heterocycles. The van der Waals surface area contributed by atoms with Gasteiger partial charge in [-0.3, -0.25) is 4.98 Å². The summed E-state index contributed by atoms with van der Waals surface area (Å²) in [4.78, 5) is 4.05. The van der Waals surface area contributed by atoms with Gasteiger partial charge in [0.05, 0.1) is 0 Å². The van der Waals surface area contributed by atoms with Gasteiger partial charge in [-0.25, -0.2) is 0 Å². The molecule has 0 bridgehead atoms. The van der Waals surface area contributed by atoms with Gasteiger partial charge in [-0.15, -0.1) is 0 Å². The van der Waals surface area contributed by atoms with Gasteiger partial charge in [0.2, 0.25) is 0 Å². The van der Waals surface area contributed by atoms with Gasteiger partial charge in [-0.2, -0.15) is 0 Å². The topological polar surface area (TPSA) is 24.9 Å². The zero-order valence-corrected chi connectivity index (χ0v) is 11.1. The Balaban J connectivity index is 1.80. The van der Waals surface area contributed by atoms with Crippen LogP contribution in [0.2, 0.25) is 0 Å². The lowest BCUT2D eigenvalue weighted by Gasteiger charge is -2.22. The molecule has 1 N–H and O–H groups in total. The van der Waals surface area contributed by atoms with Crippen molar-refractivity contribution >= 4 is 0 Å². The fourth-order valence-corrected chi connectivity index (χ4v) is 2.63. The van der Waals surface area contributed by atoms with Crippen LogP contribution in [0.4, 0.5) is 0 Å². The Kier molecular flexibility index (Phi) is 4.16. The van der Waals surface area contributed by atoms with Crippen molar-refractivity contribution in [1.29, 1.82) is 0 Å². The van der Waals surface area contributed by atoms with Crippen molar-refractivity contribution in [2.75, 3.05) is 0 Å². The van der Waals surface area contributed by atoms with E-state index in [0.717, 1.165) is 6.54 Å². The van der Waals surface area contributed by atoms with Crippen LogP contribution in [0.25, 0.3) is 0 Å². The molecule has 17 heavy (non-hydrogen) atoms. The Bertz CT molecular complexity index is 332. The van der Waals surface area contributed by atoms with E-state index in [0.29, 0.717) is 11.5 Å². The Morgan fingerprint density at radius 3 is 2.76 bits per heavy atom. The number of rotatable bonds is 3. The molecule has 0 saturated heterocycles. The molecule has 1 unspecified atom stereocenters. The fraction of sp³-hybridized carbons (Fsp3) is 0.667. The smallest absolute Gasteiger partial charge is 0.0271 e. The summed E-state index contributed by atoms with van der Waals surface area (Å²) in [6.07, 6.45) is 10.5. The van der Waals surface area contributed by atoms with Gasteiger partial charge in [-0.1, -0.05) is 20.3 Å². The van der Waals surface area contributed by atoms with Crippen LogP contribution in [-0.2, 0) is 6.54 Å². The maximum Gasteiger partial charge on any atom is 0.0271 e. The van der Waals surface area contributed by atoms with E-state index in [1.165, 1.54) is 37.7 Å². The quantitative estimate of drug-likeness (QED) is 0.806. The lowest BCUT2D eigenvalue weighted by atomic mass is 9.85. The third-order valence-corrected chi connectivity index (χ3v) is 3.92. The zero-order valence-electron chi connectivity index (χ0n) is 11.1. The number of nitrogens with zero attached hydrogens (tertiary/aromatic N) is 1. The lowest BCUT2D eigenvalue weighted by Crippen LogP contribution is -2.28. The first-order chi connectivity index (χ1) is 8.16. The monoisotopic (exact) mass is 232 g/mol. The van der Waals surface area contributed by atoms with Crippen molar-refractivity contribution in [3.05, 3.63) is 30.1 Å². The summed E-state index contributed by atoms with van der Waals surface area (Å²) in [7, 11) is 0. The second-order valence-corrected chi connectivity index (χ2v) is 6.03. The number of hydrogen-bond acceptors (Lipinski definition) is 2. The van der Waals surface area contributed by atoms with E-state index in [9.17, 15) is 0 Å². The van der Waals surface area contributed by atoms with E-state index in [4.69, 9.17) is 0 Å². The SMILES string of the molecule is CC1(C)CCCC(NCc2ccncc2)CC1. The Morgan fingerprint density at radius 2 is 2.00 bits per heavy atom. The van der Waals surface area contributed by atoms with E-state index in [2.05, 4.69) is 36.3 Å². The zero-order chi connectivity index (χ0) is 12.1. The first-order valence-electron chi connectivity index (χ1n) is 6.78. The third kappa shape index (κ3) is 4.12. The molecule has 94 valence electrons. The van der Waals surface area contributed by atoms with Crippen LogP contribution in [0, 0.1) is 5.41 Å². The second-order valence-electron chi connectivity index (χ2n) is 6.03. The first-order valence-corrected chi connectivity index (χ1v) is 6.78. The van der Waals surface area contributed by atoms with Gasteiger partial charge in [-0.05, 0) is 48.8 Å². The molecule has 1 aliphatic carbocycles. The van der Waals surface area contributed by atoms with Gasteiger partial charge in [0.1, 0.15) is 0 Å². The standard InChI is InChI=1S/C15H24N2/c1-15(2)8-3-4-14(5-9-15)17-12-13-6-10-16-11-7-13/h6-7,10-11,14,17H,3-5,8-9,12H2,1-2H3. The fourth-order valence-electron chi connectivity index (χ4n) is 2.63. The van der Waals surface area contributed by atoms with Crippen LogP contribution in [0.15, 0.2) is 24.5 Å². The molecule has 1 aromatic heterocycles.